The Hall–Kier alpha value is -0.410. The molecule has 0 atom stereocenters. The van der Waals surface area contributed by atoms with Crippen molar-refractivity contribution in [1.82, 2.24) is 4.90 Å². The van der Waals surface area contributed by atoms with Gasteiger partial charge in [-0.25, -0.2) is 0 Å². The summed E-state index contributed by atoms with van der Waals surface area (Å²) in [5.74, 6) is 0. The van der Waals surface area contributed by atoms with Gasteiger partial charge in [-0.1, -0.05) is 0 Å². The maximum absolute atomic E-state index is 9.82. The third-order valence-corrected chi connectivity index (χ3v) is 1.11. The molecule has 0 amide bonds. The molecule has 0 fully saturated rings. The minimum atomic E-state index is 0.162. The topological polar surface area (TPSA) is 40.5 Å². The number of aliphatic hydroxyl groups excluding tert-OH is 1. The van der Waals surface area contributed by atoms with Crippen LogP contribution in [0.5, 0.6) is 0 Å². The summed E-state index contributed by atoms with van der Waals surface area (Å²) in [5, 5.41) is 8.41. The SMILES string of the molecule is CN(CCO)CCC=O. The number of likely N-dealkylation sites (N-methyl/N-ethyl adjacent to an activating group) is 1. The molecule has 0 aromatic rings. The van der Waals surface area contributed by atoms with E-state index in [1.165, 1.54) is 0 Å². The molecular weight excluding hydrogens is 118 g/mol. The first kappa shape index (κ1) is 8.59. The minimum Gasteiger partial charge on any atom is -0.395 e. The van der Waals surface area contributed by atoms with E-state index < -0.39 is 0 Å². The third kappa shape index (κ3) is 5.46. The molecule has 3 heteroatoms. The Bertz CT molecular complexity index is 75.5. The predicted octanol–water partition coefficient (Wildman–Crippen LogP) is -0.501. The van der Waals surface area contributed by atoms with Crippen molar-refractivity contribution < 1.29 is 9.90 Å². The van der Waals surface area contributed by atoms with Crippen molar-refractivity contribution in [2.75, 3.05) is 26.7 Å². The van der Waals surface area contributed by atoms with Gasteiger partial charge in [-0.3, -0.25) is 0 Å². The Morgan fingerprint density at radius 2 is 2.22 bits per heavy atom. The molecule has 9 heavy (non-hydrogen) atoms. The molecule has 0 radical (unpaired) electrons. The van der Waals surface area contributed by atoms with Crippen LogP contribution in [-0.4, -0.2) is 43.0 Å². The standard InChI is InChI=1S/C6H13NO2/c1-7(4-6-9)3-2-5-8/h5,9H,2-4,6H2,1H3. The lowest BCUT2D eigenvalue weighted by Crippen LogP contribution is -2.23. The molecule has 0 spiro atoms. The first-order valence-corrected chi connectivity index (χ1v) is 3.04. The molecule has 0 aromatic heterocycles. The molecule has 0 unspecified atom stereocenters. The van der Waals surface area contributed by atoms with Crippen molar-refractivity contribution in [3.8, 4) is 0 Å². The van der Waals surface area contributed by atoms with Crippen LogP contribution in [0.25, 0.3) is 0 Å². The van der Waals surface area contributed by atoms with Gasteiger partial charge >= 0.3 is 0 Å². The summed E-state index contributed by atoms with van der Waals surface area (Å²) in [6.07, 6.45) is 1.43. The zero-order valence-electron chi connectivity index (χ0n) is 5.71. The Morgan fingerprint density at radius 1 is 1.56 bits per heavy atom. The zero-order chi connectivity index (χ0) is 7.11. The van der Waals surface area contributed by atoms with Gasteiger partial charge in [-0.05, 0) is 7.05 Å². The van der Waals surface area contributed by atoms with Crippen LogP contribution in [0.1, 0.15) is 6.42 Å². The van der Waals surface area contributed by atoms with E-state index in [1.807, 2.05) is 11.9 Å². The first-order valence-electron chi connectivity index (χ1n) is 3.04. The van der Waals surface area contributed by atoms with E-state index in [0.29, 0.717) is 13.0 Å². The zero-order valence-corrected chi connectivity index (χ0v) is 5.71. The molecule has 0 heterocycles. The van der Waals surface area contributed by atoms with Crippen molar-refractivity contribution in [1.29, 1.82) is 0 Å². The number of aliphatic hydroxyl groups is 1. The summed E-state index contributed by atoms with van der Waals surface area (Å²) in [7, 11) is 1.87. The van der Waals surface area contributed by atoms with Crippen LogP contribution in [0, 0.1) is 0 Å². The van der Waals surface area contributed by atoms with Crippen LogP contribution in [0.4, 0.5) is 0 Å². The smallest absolute Gasteiger partial charge is 0.121 e. The fourth-order valence-electron chi connectivity index (χ4n) is 0.556. The Labute approximate surface area is 55.3 Å². The molecule has 0 saturated carbocycles. The van der Waals surface area contributed by atoms with Gasteiger partial charge in [-0.2, -0.15) is 0 Å². The number of carbonyl (C=O) groups is 1. The van der Waals surface area contributed by atoms with Gasteiger partial charge in [0.15, 0.2) is 0 Å². The fraction of sp³-hybridized carbons (Fsp3) is 0.833. The molecule has 0 rings (SSSR count). The maximum Gasteiger partial charge on any atom is 0.121 e. The summed E-state index contributed by atoms with van der Waals surface area (Å²) >= 11 is 0. The van der Waals surface area contributed by atoms with Crippen LogP contribution in [0.3, 0.4) is 0 Å². The highest BCUT2D eigenvalue weighted by Gasteiger charge is 1.93. The lowest BCUT2D eigenvalue weighted by atomic mass is 10.4. The Kier molecular flexibility index (Phi) is 5.46. The second-order valence-corrected chi connectivity index (χ2v) is 1.98. The average Bonchev–Trinajstić information content (AvgIpc) is 1.85. The van der Waals surface area contributed by atoms with E-state index in [9.17, 15) is 4.79 Å². The monoisotopic (exact) mass is 131 g/mol. The maximum atomic E-state index is 9.82. The molecule has 3 nitrogen and oxygen atoms in total. The van der Waals surface area contributed by atoms with Gasteiger partial charge < -0.3 is 14.8 Å². The minimum absolute atomic E-state index is 0.162. The molecule has 0 aliphatic rings. The lowest BCUT2D eigenvalue weighted by molar-refractivity contribution is -0.108. The van der Waals surface area contributed by atoms with E-state index in [4.69, 9.17) is 5.11 Å². The molecule has 0 aliphatic carbocycles. The number of hydrogen-bond acceptors (Lipinski definition) is 3. The Morgan fingerprint density at radius 3 is 2.67 bits per heavy atom. The number of rotatable bonds is 5. The summed E-state index contributed by atoms with van der Waals surface area (Å²) in [6.45, 7) is 1.55. The summed E-state index contributed by atoms with van der Waals surface area (Å²) < 4.78 is 0. The predicted molar refractivity (Wildman–Crippen MR) is 35.3 cm³/mol. The number of hydrogen-bond donors (Lipinski definition) is 1. The molecular formula is C6H13NO2. The second kappa shape index (κ2) is 5.72. The molecule has 0 aromatic carbocycles. The van der Waals surface area contributed by atoms with Gasteiger partial charge in [0.25, 0.3) is 0 Å². The van der Waals surface area contributed by atoms with E-state index >= 15 is 0 Å². The molecule has 1 N–H and O–H groups in total. The normalized spacial score (nSPS) is 10.1. The van der Waals surface area contributed by atoms with Gasteiger partial charge in [0, 0.05) is 19.5 Å². The van der Waals surface area contributed by atoms with Gasteiger partial charge in [0.2, 0.25) is 0 Å². The summed E-state index contributed by atoms with van der Waals surface area (Å²) in [5.41, 5.74) is 0. The van der Waals surface area contributed by atoms with Gasteiger partial charge in [0.1, 0.15) is 6.29 Å². The van der Waals surface area contributed by atoms with Crippen molar-refractivity contribution >= 4 is 6.29 Å². The average molecular weight is 131 g/mol. The van der Waals surface area contributed by atoms with Gasteiger partial charge in [-0.15, -0.1) is 0 Å². The van der Waals surface area contributed by atoms with E-state index in [1.54, 1.807) is 0 Å². The second-order valence-electron chi connectivity index (χ2n) is 1.98. The van der Waals surface area contributed by atoms with E-state index in [2.05, 4.69) is 0 Å². The van der Waals surface area contributed by atoms with Gasteiger partial charge in [0.05, 0.1) is 6.61 Å². The van der Waals surface area contributed by atoms with Crippen molar-refractivity contribution in [3.05, 3.63) is 0 Å². The first-order chi connectivity index (χ1) is 4.31. The molecule has 0 bridgehead atoms. The largest absolute Gasteiger partial charge is 0.395 e. The third-order valence-electron chi connectivity index (χ3n) is 1.11. The highest BCUT2D eigenvalue weighted by molar-refractivity contribution is 5.49. The van der Waals surface area contributed by atoms with Crippen LogP contribution < -0.4 is 0 Å². The van der Waals surface area contributed by atoms with Crippen molar-refractivity contribution in [2.24, 2.45) is 0 Å². The lowest BCUT2D eigenvalue weighted by Gasteiger charge is -2.11. The van der Waals surface area contributed by atoms with E-state index in [0.717, 1.165) is 12.8 Å². The van der Waals surface area contributed by atoms with Crippen LogP contribution in [-0.2, 0) is 4.79 Å². The summed E-state index contributed by atoms with van der Waals surface area (Å²) in [6, 6.07) is 0. The van der Waals surface area contributed by atoms with Crippen LogP contribution in [0.15, 0.2) is 0 Å². The van der Waals surface area contributed by atoms with Crippen LogP contribution >= 0.6 is 0 Å². The van der Waals surface area contributed by atoms with E-state index in [-0.39, 0.29) is 6.61 Å². The number of carbonyl (C=O) groups excluding carboxylic acids is 1. The highest BCUT2D eigenvalue weighted by Crippen LogP contribution is 1.81. The number of aldehydes is 1. The molecule has 0 aliphatic heterocycles. The van der Waals surface area contributed by atoms with Crippen LogP contribution in [0.2, 0.25) is 0 Å². The quantitative estimate of drug-likeness (QED) is 0.511. The highest BCUT2D eigenvalue weighted by atomic mass is 16.3. The number of nitrogens with zero attached hydrogens (tertiary/aromatic N) is 1. The van der Waals surface area contributed by atoms with Crippen molar-refractivity contribution in [3.63, 3.8) is 0 Å². The molecule has 54 valence electrons. The van der Waals surface area contributed by atoms with Crippen molar-refractivity contribution in [2.45, 2.75) is 6.42 Å². The summed E-state index contributed by atoms with van der Waals surface area (Å²) in [4.78, 5) is 11.7. The fourth-order valence-corrected chi connectivity index (χ4v) is 0.556. The molecule has 0 saturated heterocycles. The Balaban J connectivity index is 3.04.